The Labute approximate surface area is 212 Å². The Hall–Kier alpha value is -2.88. The third-order valence-electron chi connectivity index (χ3n) is 7.56. The smallest absolute Gasteiger partial charge is 0.166 e. The molecule has 0 heterocycles. The van der Waals surface area contributed by atoms with Crippen LogP contribution < -0.4 is 0 Å². The van der Waals surface area contributed by atoms with E-state index < -0.39 is 23.3 Å². The summed E-state index contributed by atoms with van der Waals surface area (Å²) in [6.45, 7) is 3.94. The van der Waals surface area contributed by atoms with Gasteiger partial charge in [0.1, 0.15) is 0 Å². The number of rotatable bonds is 8. The number of halogens is 4. The molecule has 0 aliphatic heterocycles. The summed E-state index contributed by atoms with van der Waals surface area (Å²) in [5.41, 5.74) is 2.13. The van der Waals surface area contributed by atoms with Crippen LogP contribution in [-0.4, -0.2) is 0 Å². The molecule has 0 spiro atoms. The van der Waals surface area contributed by atoms with Crippen molar-refractivity contribution in [1.82, 2.24) is 0 Å². The summed E-state index contributed by atoms with van der Waals surface area (Å²) < 4.78 is 59.3. The molecule has 0 unspecified atom stereocenters. The molecule has 1 saturated carbocycles. The Morgan fingerprint density at radius 1 is 0.722 bits per heavy atom. The van der Waals surface area contributed by atoms with Crippen molar-refractivity contribution in [1.29, 1.82) is 0 Å². The number of allylic oxidation sites excluding steroid dienone is 2. The van der Waals surface area contributed by atoms with Gasteiger partial charge in [-0.2, -0.15) is 0 Å². The zero-order valence-electron chi connectivity index (χ0n) is 21.1. The van der Waals surface area contributed by atoms with Crippen molar-refractivity contribution in [2.75, 3.05) is 0 Å². The predicted molar refractivity (Wildman–Crippen MR) is 140 cm³/mol. The van der Waals surface area contributed by atoms with Crippen LogP contribution in [0.25, 0.3) is 22.3 Å². The number of hydrogen-bond donors (Lipinski definition) is 0. The first kappa shape index (κ1) is 26.2. The molecule has 0 radical (unpaired) electrons. The van der Waals surface area contributed by atoms with Gasteiger partial charge in [-0.25, -0.2) is 17.6 Å². The fraction of sp³-hybridized carbons (Fsp3) is 0.375. The highest BCUT2D eigenvalue weighted by Crippen LogP contribution is 2.40. The number of benzene rings is 3. The lowest BCUT2D eigenvalue weighted by molar-refractivity contribution is 0.306. The van der Waals surface area contributed by atoms with Gasteiger partial charge in [-0.1, -0.05) is 74.0 Å². The van der Waals surface area contributed by atoms with E-state index >= 15 is 8.78 Å². The summed E-state index contributed by atoms with van der Waals surface area (Å²) in [5, 5.41) is 0. The molecule has 0 saturated heterocycles. The van der Waals surface area contributed by atoms with Crippen LogP contribution in [0.1, 0.15) is 75.8 Å². The minimum atomic E-state index is -0.883. The van der Waals surface area contributed by atoms with E-state index in [1.807, 2.05) is 13.8 Å². The van der Waals surface area contributed by atoms with E-state index in [1.165, 1.54) is 0 Å². The Morgan fingerprint density at radius 2 is 1.31 bits per heavy atom. The van der Waals surface area contributed by atoms with E-state index in [1.54, 1.807) is 48.5 Å². The predicted octanol–water partition coefficient (Wildman–Crippen LogP) is 10.2. The van der Waals surface area contributed by atoms with Gasteiger partial charge < -0.3 is 0 Å². The first-order chi connectivity index (χ1) is 17.4. The lowest BCUT2D eigenvalue weighted by Crippen LogP contribution is -2.15. The highest BCUT2D eigenvalue weighted by Gasteiger charge is 2.26. The Morgan fingerprint density at radius 3 is 1.89 bits per heavy atom. The zero-order chi connectivity index (χ0) is 25.7. The second-order valence-electron chi connectivity index (χ2n) is 9.92. The van der Waals surface area contributed by atoms with Crippen LogP contribution in [-0.2, 0) is 6.42 Å². The van der Waals surface area contributed by atoms with Crippen LogP contribution in [0, 0.1) is 29.2 Å². The minimum absolute atomic E-state index is 0.0439. The number of hydrogen-bond acceptors (Lipinski definition) is 0. The summed E-state index contributed by atoms with van der Waals surface area (Å²) >= 11 is 0. The maximum Gasteiger partial charge on any atom is 0.166 e. The topological polar surface area (TPSA) is 0 Å². The van der Waals surface area contributed by atoms with Gasteiger partial charge in [-0.05, 0) is 86.0 Å². The molecule has 0 amide bonds. The molecule has 190 valence electrons. The van der Waals surface area contributed by atoms with Crippen LogP contribution in [0.3, 0.4) is 0 Å². The van der Waals surface area contributed by atoms with E-state index in [2.05, 4.69) is 12.2 Å². The lowest BCUT2D eigenvalue weighted by atomic mass is 9.77. The Bertz CT molecular complexity index is 1200. The highest BCUT2D eigenvalue weighted by molar-refractivity contribution is 5.71. The maximum absolute atomic E-state index is 15.2. The normalized spacial score (nSPS) is 18.2. The minimum Gasteiger partial charge on any atom is -0.203 e. The van der Waals surface area contributed by atoms with E-state index in [0.29, 0.717) is 34.6 Å². The molecule has 4 heteroatoms. The standard InChI is InChI=1S/C32H34F4/c1-3-5-6-8-21-9-11-22(12-10-21)27-19-20-28(32(36)31(27)35)24-15-13-23(14-16-24)26-18-17-25(7-4-2)29(33)30(26)34/h3,5,13-22H,4,6-12H2,1-2H3. The highest BCUT2D eigenvalue weighted by atomic mass is 19.2. The van der Waals surface area contributed by atoms with Gasteiger partial charge in [0.25, 0.3) is 0 Å². The summed E-state index contributed by atoms with van der Waals surface area (Å²) in [7, 11) is 0. The third kappa shape index (κ3) is 5.58. The largest absolute Gasteiger partial charge is 0.203 e. The molecule has 0 aromatic heterocycles. The molecule has 4 rings (SSSR count). The van der Waals surface area contributed by atoms with Crippen LogP contribution in [0.4, 0.5) is 17.6 Å². The van der Waals surface area contributed by atoms with Crippen LogP contribution in [0.2, 0.25) is 0 Å². The first-order valence-corrected chi connectivity index (χ1v) is 13.1. The summed E-state index contributed by atoms with van der Waals surface area (Å²) in [6.07, 6.45) is 11.5. The average molecular weight is 495 g/mol. The second-order valence-corrected chi connectivity index (χ2v) is 9.92. The van der Waals surface area contributed by atoms with Gasteiger partial charge in [0.05, 0.1) is 0 Å². The molecular weight excluding hydrogens is 460 g/mol. The van der Waals surface area contributed by atoms with E-state index in [4.69, 9.17) is 0 Å². The molecule has 1 fully saturated rings. The molecular formula is C32H34F4. The van der Waals surface area contributed by atoms with Crippen molar-refractivity contribution < 1.29 is 17.6 Å². The van der Waals surface area contributed by atoms with Gasteiger partial charge in [0.2, 0.25) is 0 Å². The van der Waals surface area contributed by atoms with Gasteiger partial charge >= 0.3 is 0 Å². The van der Waals surface area contributed by atoms with Gasteiger partial charge in [-0.15, -0.1) is 0 Å². The van der Waals surface area contributed by atoms with Crippen molar-refractivity contribution in [2.45, 2.75) is 71.1 Å². The average Bonchev–Trinajstić information content (AvgIpc) is 2.90. The first-order valence-electron chi connectivity index (χ1n) is 13.1. The number of aryl methyl sites for hydroxylation is 1. The Kier molecular flexibility index (Phi) is 8.66. The molecule has 0 bridgehead atoms. The van der Waals surface area contributed by atoms with Crippen molar-refractivity contribution >= 4 is 0 Å². The van der Waals surface area contributed by atoms with Crippen molar-refractivity contribution in [3.63, 3.8) is 0 Å². The zero-order valence-corrected chi connectivity index (χ0v) is 21.1. The summed E-state index contributed by atoms with van der Waals surface area (Å²) in [4.78, 5) is 0. The fourth-order valence-electron chi connectivity index (χ4n) is 5.47. The van der Waals surface area contributed by atoms with Gasteiger partial charge in [0, 0.05) is 11.1 Å². The summed E-state index contributed by atoms with van der Waals surface area (Å²) in [5.74, 6) is -2.63. The van der Waals surface area contributed by atoms with Gasteiger partial charge in [0.15, 0.2) is 23.3 Å². The second kappa shape index (κ2) is 11.9. The molecule has 0 atom stereocenters. The molecule has 1 aliphatic carbocycles. The monoisotopic (exact) mass is 494 g/mol. The molecule has 36 heavy (non-hydrogen) atoms. The van der Waals surface area contributed by atoms with Crippen molar-refractivity contribution in [2.24, 2.45) is 5.92 Å². The van der Waals surface area contributed by atoms with Gasteiger partial charge in [-0.3, -0.25) is 0 Å². The van der Waals surface area contributed by atoms with Crippen LogP contribution in [0.15, 0.2) is 60.7 Å². The lowest BCUT2D eigenvalue weighted by Gasteiger charge is -2.29. The van der Waals surface area contributed by atoms with Crippen LogP contribution >= 0.6 is 0 Å². The SMILES string of the molecule is CC=CCCC1CCC(c2ccc(-c3ccc(-c4ccc(CCC)c(F)c4F)cc3)c(F)c2F)CC1. The molecule has 0 nitrogen and oxygen atoms in total. The molecule has 3 aromatic rings. The molecule has 0 N–H and O–H groups in total. The molecule has 3 aromatic carbocycles. The quantitative estimate of drug-likeness (QED) is 0.216. The van der Waals surface area contributed by atoms with Crippen molar-refractivity contribution in [3.05, 3.63) is 95.1 Å². The van der Waals surface area contributed by atoms with E-state index in [-0.39, 0.29) is 17.0 Å². The summed E-state index contributed by atoms with van der Waals surface area (Å²) in [6, 6.07) is 13.0. The third-order valence-corrected chi connectivity index (χ3v) is 7.56. The molecule has 1 aliphatic rings. The van der Waals surface area contributed by atoms with E-state index in [0.717, 1.165) is 44.9 Å². The van der Waals surface area contributed by atoms with Crippen molar-refractivity contribution in [3.8, 4) is 22.3 Å². The van der Waals surface area contributed by atoms with E-state index in [9.17, 15) is 8.78 Å². The maximum atomic E-state index is 15.2. The Balaban J connectivity index is 1.50. The van der Waals surface area contributed by atoms with Crippen LogP contribution in [0.5, 0.6) is 0 Å². The fourth-order valence-corrected chi connectivity index (χ4v) is 5.47.